The van der Waals surface area contributed by atoms with Crippen molar-refractivity contribution in [3.05, 3.63) is 28.8 Å². The number of nitrogens with zero attached hydrogens (tertiary/aromatic N) is 1. The maximum atomic E-state index is 6.46. The Morgan fingerprint density at radius 3 is 2.42 bits per heavy atom. The van der Waals surface area contributed by atoms with Gasteiger partial charge in [0.2, 0.25) is 0 Å². The molecule has 106 valence electrons. The molecule has 0 aliphatic carbocycles. The highest BCUT2D eigenvalue weighted by Crippen LogP contribution is 2.28. The molecular weight excluding hydrogens is 256 g/mol. The number of halogens is 1. The van der Waals surface area contributed by atoms with Gasteiger partial charge in [0, 0.05) is 25.7 Å². The maximum absolute atomic E-state index is 6.46. The van der Waals surface area contributed by atoms with Crippen LogP contribution >= 0.6 is 11.6 Å². The van der Waals surface area contributed by atoms with Crippen LogP contribution in [0.25, 0.3) is 0 Å². The second-order valence-corrected chi connectivity index (χ2v) is 6.13. The van der Waals surface area contributed by atoms with E-state index in [4.69, 9.17) is 11.6 Å². The Hall–Kier alpha value is -0.730. The van der Waals surface area contributed by atoms with E-state index < -0.39 is 0 Å². The third kappa shape index (κ3) is 4.39. The highest BCUT2D eigenvalue weighted by molar-refractivity contribution is 6.33. The first-order valence-electron chi connectivity index (χ1n) is 7.43. The molecule has 2 rings (SSSR count). The predicted molar refractivity (Wildman–Crippen MR) is 84.1 cm³/mol. The minimum atomic E-state index is 0.504. The van der Waals surface area contributed by atoms with Gasteiger partial charge in [0.15, 0.2) is 0 Å². The fourth-order valence-corrected chi connectivity index (χ4v) is 2.87. The molecule has 1 aromatic rings. The summed E-state index contributed by atoms with van der Waals surface area (Å²) in [6, 6.07) is 6.99. The molecule has 0 bridgehead atoms. The van der Waals surface area contributed by atoms with Crippen molar-refractivity contribution in [3.63, 3.8) is 0 Å². The van der Waals surface area contributed by atoms with E-state index in [1.807, 2.05) is 0 Å². The Bertz CT molecular complexity index is 396. The number of hydrogen-bond donors (Lipinski definition) is 1. The summed E-state index contributed by atoms with van der Waals surface area (Å²) in [7, 11) is 0. The Balaban J connectivity index is 2.05. The molecule has 1 fully saturated rings. The van der Waals surface area contributed by atoms with Crippen LogP contribution in [-0.4, -0.2) is 19.1 Å². The van der Waals surface area contributed by atoms with Crippen molar-refractivity contribution in [2.45, 2.75) is 52.1 Å². The number of nitrogens with one attached hydrogen (secondary N) is 1. The zero-order valence-electron chi connectivity index (χ0n) is 12.1. The number of benzene rings is 1. The molecule has 1 aromatic carbocycles. The van der Waals surface area contributed by atoms with Crippen LogP contribution in [0.2, 0.25) is 5.02 Å². The number of anilines is 1. The molecule has 0 amide bonds. The number of rotatable bonds is 4. The van der Waals surface area contributed by atoms with Crippen molar-refractivity contribution in [2.75, 3.05) is 18.0 Å². The SMILES string of the molecule is CC(C)NCc1ccc(N2CCCCCC2)c(Cl)c1. The van der Waals surface area contributed by atoms with Gasteiger partial charge in [-0.25, -0.2) is 0 Å². The van der Waals surface area contributed by atoms with Crippen molar-refractivity contribution < 1.29 is 0 Å². The molecule has 0 spiro atoms. The molecule has 3 heteroatoms. The van der Waals surface area contributed by atoms with Crippen LogP contribution < -0.4 is 10.2 Å². The van der Waals surface area contributed by atoms with Gasteiger partial charge >= 0.3 is 0 Å². The third-order valence-electron chi connectivity index (χ3n) is 3.67. The lowest BCUT2D eigenvalue weighted by molar-refractivity contribution is 0.589. The van der Waals surface area contributed by atoms with E-state index in [9.17, 15) is 0 Å². The van der Waals surface area contributed by atoms with E-state index in [1.54, 1.807) is 0 Å². The summed E-state index contributed by atoms with van der Waals surface area (Å²) in [5, 5.41) is 4.32. The Kier molecular flexibility index (Phi) is 5.53. The first kappa shape index (κ1) is 14.7. The van der Waals surface area contributed by atoms with Crippen LogP contribution in [0.4, 0.5) is 5.69 Å². The molecule has 1 saturated heterocycles. The highest BCUT2D eigenvalue weighted by atomic mass is 35.5. The molecule has 0 atom stereocenters. The molecule has 1 N–H and O–H groups in total. The van der Waals surface area contributed by atoms with E-state index in [0.717, 1.165) is 24.7 Å². The fourth-order valence-electron chi connectivity index (χ4n) is 2.55. The summed E-state index contributed by atoms with van der Waals surface area (Å²) in [5.74, 6) is 0. The van der Waals surface area contributed by atoms with Gasteiger partial charge in [-0.2, -0.15) is 0 Å². The standard InChI is InChI=1S/C16H25ClN2/c1-13(2)18-12-14-7-8-16(15(17)11-14)19-9-5-3-4-6-10-19/h7-8,11,13,18H,3-6,9-10,12H2,1-2H3. The zero-order valence-corrected chi connectivity index (χ0v) is 12.8. The molecule has 0 radical (unpaired) electrons. The van der Waals surface area contributed by atoms with Gasteiger partial charge in [-0.15, -0.1) is 0 Å². The van der Waals surface area contributed by atoms with Crippen LogP contribution in [0, 0.1) is 0 Å². The quantitative estimate of drug-likeness (QED) is 0.888. The summed E-state index contributed by atoms with van der Waals surface area (Å²) in [4.78, 5) is 2.44. The Morgan fingerprint density at radius 1 is 1.16 bits per heavy atom. The summed E-state index contributed by atoms with van der Waals surface area (Å²) >= 11 is 6.46. The van der Waals surface area contributed by atoms with Crippen molar-refractivity contribution >= 4 is 17.3 Å². The molecule has 2 nitrogen and oxygen atoms in total. The van der Waals surface area contributed by atoms with E-state index in [-0.39, 0.29) is 0 Å². The maximum Gasteiger partial charge on any atom is 0.0642 e. The average Bonchev–Trinajstić information content (AvgIpc) is 2.65. The van der Waals surface area contributed by atoms with Crippen molar-refractivity contribution in [2.24, 2.45) is 0 Å². The summed E-state index contributed by atoms with van der Waals surface area (Å²) in [6.07, 6.45) is 5.27. The third-order valence-corrected chi connectivity index (χ3v) is 3.98. The highest BCUT2D eigenvalue weighted by Gasteiger charge is 2.13. The molecule has 1 aliphatic heterocycles. The van der Waals surface area contributed by atoms with Gasteiger partial charge in [-0.3, -0.25) is 0 Å². The van der Waals surface area contributed by atoms with Gasteiger partial charge < -0.3 is 10.2 Å². The van der Waals surface area contributed by atoms with E-state index >= 15 is 0 Å². The van der Waals surface area contributed by atoms with Crippen molar-refractivity contribution in [3.8, 4) is 0 Å². The van der Waals surface area contributed by atoms with Crippen molar-refractivity contribution in [1.82, 2.24) is 5.32 Å². The lowest BCUT2D eigenvalue weighted by Gasteiger charge is -2.24. The van der Waals surface area contributed by atoms with Gasteiger partial charge in [-0.1, -0.05) is 44.4 Å². The fraction of sp³-hybridized carbons (Fsp3) is 0.625. The summed E-state index contributed by atoms with van der Waals surface area (Å²) in [5.41, 5.74) is 2.47. The van der Waals surface area contributed by atoms with Crippen LogP contribution in [0.3, 0.4) is 0 Å². The van der Waals surface area contributed by atoms with E-state index in [0.29, 0.717) is 6.04 Å². The Morgan fingerprint density at radius 2 is 1.84 bits per heavy atom. The second kappa shape index (κ2) is 7.16. The molecular formula is C16H25ClN2. The first-order valence-corrected chi connectivity index (χ1v) is 7.81. The smallest absolute Gasteiger partial charge is 0.0642 e. The predicted octanol–water partition coefficient (Wildman–Crippen LogP) is 4.22. The van der Waals surface area contributed by atoms with Crippen LogP contribution in [0.15, 0.2) is 18.2 Å². The van der Waals surface area contributed by atoms with Gasteiger partial charge in [0.1, 0.15) is 0 Å². The average molecular weight is 281 g/mol. The number of hydrogen-bond acceptors (Lipinski definition) is 2. The summed E-state index contributed by atoms with van der Waals surface area (Å²) < 4.78 is 0. The lowest BCUT2D eigenvalue weighted by atomic mass is 10.1. The molecule has 19 heavy (non-hydrogen) atoms. The summed E-state index contributed by atoms with van der Waals surface area (Å²) in [6.45, 7) is 7.49. The zero-order chi connectivity index (χ0) is 13.7. The topological polar surface area (TPSA) is 15.3 Å². The minimum Gasteiger partial charge on any atom is -0.370 e. The van der Waals surface area contributed by atoms with Crippen LogP contribution in [0.1, 0.15) is 45.1 Å². The molecule has 0 saturated carbocycles. The second-order valence-electron chi connectivity index (χ2n) is 5.72. The van der Waals surface area contributed by atoms with Crippen molar-refractivity contribution in [1.29, 1.82) is 0 Å². The van der Waals surface area contributed by atoms with Gasteiger partial charge in [0.25, 0.3) is 0 Å². The molecule has 0 unspecified atom stereocenters. The van der Waals surface area contributed by atoms with Gasteiger partial charge in [-0.05, 0) is 30.5 Å². The normalized spacial score (nSPS) is 16.7. The molecule has 1 aliphatic rings. The monoisotopic (exact) mass is 280 g/mol. The van der Waals surface area contributed by atoms with E-state index in [2.05, 4.69) is 42.3 Å². The van der Waals surface area contributed by atoms with E-state index in [1.165, 1.54) is 36.9 Å². The first-order chi connectivity index (χ1) is 9.16. The minimum absolute atomic E-state index is 0.504. The van der Waals surface area contributed by atoms with Crippen LogP contribution in [0.5, 0.6) is 0 Å². The lowest BCUT2D eigenvalue weighted by Crippen LogP contribution is -2.24. The molecule has 1 heterocycles. The van der Waals surface area contributed by atoms with Crippen LogP contribution in [-0.2, 0) is 6.54 Å². The Labute approximate surface area is 122 Å². The largest absolute Gasteiger partial charge is 0.370 e. The van der Waals surface area contributed by atoms with Gasteiger partial charge in [0.05, 0.1) is 10.7 Å². The molecule has 0 aromatic heterocycles.